The molecule has 2 saturated carbocycles. The van der Waals surface area contributed by atoms with Crippen LogP contribution in [-0.2, 0) is 11.0 Å². The maximum Gasteiger partial charge on any atom is 0.200 e. The maximum atomic E-state index is 10.8. The van der Waals surface area contributed by atoms with E-state index in [9.17, 15) is 25.5 Å². The van der Waals surface area contributed by atoms with Crippen molar-refractivity contribution in [2.45, 2.75) is 68.8 Å². The fraction of sp³-hybridized carbons (Fsp3) is 0.500. The van der Waals surface area contributed by atoms with Gasteiger partial charge in [0, 0.05) is 22.5 Å². The predicted molar refractivity (Wildman–Crippen MR) is 110 cm³/mol. The Kier molecular flexibility index (Phi) is 4.24. The molecule has 0 bridgehead atoms. The Hall–Kier alpha value is -2.76. The third-order valence-electron chi connectivity index (χ3n) is 7.78. The molecule has 5 N–H and O–H groups in total. The molecule has 2 aromatic carbocycles. The quantitative estimate of drug-likeness (QED) is 0.426. The van der Waals surface area contributed by atoms with Crippen LogP contribution >= 0.6 is 0 Å². The Morgan fingerprint density at radius 1 is 0.667 bits per heavy atom. The summed E-state index contributed by atoms with van der Waals surface area (Å²) in [4.78, 5) is 0. The van der Waals surface area contributed by atoms with Gasteiger partial charge in [0.05, 0.1) is 0 Å². The van der Waals surface area contributed by atoms with E-state index in [4.69, 9.17) is 4.74 Å². The van der Waals surface area contributed by atoms with E-state index in [1.54, 1.807) is 6.07 Å². The molecule has 2 atom stereocenters. The second-order valence-corrected chi connectivity index (χ2v) is 9.15. The molecule has 2 aromatic rings. The summed E-state index contributed by atoms with van der Waals surface area (Å²) in [5.41, 5.74) is 0.170. The van der Waals surface area contributed by atoms with Gasteiger partial charge in [-0.25, -0.2) is 0 Å². The van der Waals surface area contributed by atoms with Crippen molar-refractivity contribution < 1.29 is 30.3 Å². The van der Waals surface area contributed by atoms with E-state index >= 15 is 0 Å². The van der Waals surface area contributed by atoms with Crippen LogP contribution < -0.4 is 4.74 Å². The van der Waals surface area contributed by atoms with Gasteiger partial charge in [0.25, 0.3) is 0 Å². The molecular weight excluding hydrogens is 384 g/mol. The van der Waals surface area contributed by atoms with Crippen LogP contribution in [0.15, 0.2) is 24.3 Å². The molecule has 0 aromatic heterocycles. The minimum Gasteiger partial charge on any atom is -0.504 e. The highest BCUT2D eigenvalue weighted by atomic mass is 16.5. The van der Waals surface area contributed by atoms with Gasteiger partial charge in [-0.15, -0.1) is 0 Å². The minimum absolute atomic E-state index is 0.0466. The van der Waals surface area contributed by atoms with Crippen LogP contribution in [0.3, 0.4) is 0 Å². The topological polar surface area (TPSA) is 110 Å². The first kappa shape index (κ1) is 19.2. The smallest absolute Gasteiger partial charge is 0.200 e. The standard InChI is InChI=1S/C24H28O6/c25-16-9-7-14(19(27)20(16)28)24-13-5-2-6-18(24)23(11-3-1-4-12-23)15-8-10-17(26)21(29)22(15)30-24/h7-10,18,25-29H,1-6,11-13H2/t18-,24-/m1/s1. The van der Waals surface area contributed by atoms with Crippen LogP contribution in [0.2, 0.25) is 0 Å². The van der Waals surface area contributed by atoms with Crippen LogP contribution in [0, 0.1) is 5.92 Å². The zero-order valence-electron chi connectivity index (χ0n) is 16.9. The third-order valence-corrected chi connectivity index (χ3v) is 7.78. The van der Waals surface area contributed by atoms with Crippen LogP contribution in [0.4, 0.5) is 0 Å². The molecule has 2 aliphatic carbocycles. The van der Waals surface area contributed by atoms with E-state index in [-0.39, 0.29) is 40.1 Å². The highest BCUT2D eigenvalue weighted by Gasteiger charge is 2.60. The van der Waals surface area contributed by atoms with Crippen molar-refractivity contribution in [3.63, 3.8) is 0 Å². The highest BCUT2D eigenvalue weighted by Crippen LogP contribution is 2.66. The molecule has 0 radical (unpaired) electrons. The number of hydrogen-bond acceptors (Lipinski definition) is 6. The van der Waals surface area contributed by atoms with Gasteiger partial charge in [-0.05, 0) is 50.3 Å². The molecule has 6 heteroatoms. The second kappa shape index (κ2) is 6.62. The maximum absolute atomic E-state index is 10.8. The average Bonchev–Trinajstić information content (AvgIpc) is 2.76. The monoisotopic (exact) mass is 412 g/mol. The fourth-order valence-corrected chi connectivity index (χ4v) is 6.50. The third kappa shape index (κ3) is 2.42. The van der Waals surface area contributed by atoms with E-state index in [0.717, 1.165) is 56.9 Å². The van der Waals surface area contributed by atoms with Gasteiger partial charge in [0.15, 0.2) is 23.0 Å². The van der Waals surface area contributed by atoms with Gasteiger partial charge < -0.3 is 30.3 Å². The molecular formula is C24H28O6. The van der Waals surface area contributed by atoms with Crippen molar-refractivity contribution in [3.8, 4) is 34.5 Å². The van der Waals surface area contributed by atoms with Gasteiger partial charge in [0.1, 0.15) is 5.60 Å². The SMILES string of the molecule is Oc1ccc([C@]23CCCC[C@@H]2C2(CCCCC2)c2ccc(O)c(O)c2O3)c(O)c1O. The van der Waals surface area contributed by atoms with Gasteiger partial charge in [-0.3, -0.25) is 0 Å². The predicted octanol–water partition coefficient (Wildman–Crippen LogP) is 4.89. The molecule has 2 fully saturated rings. The summed E-state index contributed by atoms with van der Waals surface area (Å²) in [6.07, 6.45) is 8.64. The lowest BCUT2D eigenvalue weighted by Gasteiger charge is -2.58. The summed E-state index contributed by atoms with van der Waals surface area (Å²) in [6, 6.07) is 6.40. The Morgan fingerprint density at radius 2 is 1.30 bits per heavy atom. The first-order valence-electron chi connectivity index (χ1n) is 10.9. The average molecular weight is 412 g/mol. The lowest BCUT2D eigenvalue weighted by atomic mass is 9.51. The zero-order chi connectivity index (χ0) is 21.1. The van der Waals surface area contributed by atoms with E-state index in [1.807, 2.05) is 6.07 Å². The van der Waals surface area contributed by atoms with Crippen LogP contribution in [-0.4, -0.2) is 25.5 Å². The molecule has 30 heavy (non-hydrogen) atoms. The largest absolute Gasteiger partial charge is 0.504 e. The number of ether oxygens (including phenoxy) is 1. The Labute approximate surface area is 175 Å². The van der Waals surface area contributed by atoms with Crippen LogP contribution in [0.25, 0.3) is 0 Å². The van der Waals surface area contributed by atoms with Crippen molar-refractivity contribution in [1.29, 1.82) is 0 Å². The molecule has 1 aliphatic heterocycles. The van der Waals surface area contributed by atoms with Crippen LogP contribution in [0.5, 0.6) is 34.5 Å². The van der Waals surface area contributed by atoms with E-state index in [2.05, 4.69) is 0 Å². The number of benzene rings is 2. The number of rotatable bonds is 1. The fourth-order valence-electron chi connectivity index (χ4n) is 6.50. The lowest BCUT2D eigenvalue weighted by Crippen LogP contribution is -2.57. The Balaban J connectivity index is 1.80. The normalized spacial score (nSPS) is 27.1. The number of aromatic hydroxyl groups is 5. The molecule has 6 nitrogen and oxygen atoms in total. The van der Waals surface area contributed by atoms with Crippen LogP contribution in [0.1, 0.15) is 68.9 Å². The summed E-state index contributed by atoms with van der Waals surface area (Å²) in [7, 11) is 0. The molecule has 1 spiro atoms. The summed E-state index contributed by atoms with van der Waals surface area (Å²) >= 11 is 0. The molecule has 0 saturated heterocycles. The Morgan fingerprint density at radius 3 is 2.03 bits per heavy atom. The highest BCUT2D eigenvalue weighted by molar-refractivity contribution is 5.61. The summed E-state index contributed by atoms with van der Waals surface area (Å²) in [5.74, 6) is -1.50. The first-order chi connectivity index (χ1) is 14.4. The molecule has 0 unspecified atom stereocenters. The lowest BCUT2D eigenvalue weighted by molar-refractivity contribution is -0.0975. The van der Waals surface area contributed by atoms with Crippen molar-refractivity contribution in [3.05, 3.63) is 35.4 Å². The number of hydrogen-bond donors (Lipinski definition) is 5. The van der Waals surface area contributed by atoms with Crippen molar-refractivity contribution in [2.75, 3.05) is 0 Å². The molecule has 5 rings (SSSR count). The zero-order valence-corrected chi connectivity index (χ0v) is 16.9. The van der Waals surface area contributed by atoms with E-state index in [0.29, 0.717) is 12.0 Å². The molecule has 160 valence electrons. The van der Waals surface area contributed by atoms with Crippen molar-refractivity contribution >= 4 is 0 Å². The van der Waals surface area contributed by atoms with Gasteiger partial charge in [0.2, 0.25) is 11.5 Å². The summed E-state index contributed by atoms with van der Waals surface area (Å²) < 4.78 is 6.56. The van der Waals surface area contributed by atoms with Gasteiger partial charge >= 0.3 is 0 Å². The first-order valence-corrected chi connectivity index (χ1v) is 10.9. The van der Waals surface area contributed by atoms with Gasteiger partial charge in [-0.2, -0.15) is 0 Å². The second-order valence-electron chi connectivity index (χ2n) is 9.15. The Bertz CT molecular complexity index is 994. The van der Waals surface area contributed by atoms with E-state index in [1.165, 1.54) is 12.1 Å². The molecule has 1 heterocycles. The van der Waals surface area contributed by atoms with Crippen molar-refractivity contribution in [1.82, 2.24) is 0 Å². The van der Waals surface area contributed by atoms with E-state index < -0.39 is 11.4 Å². The minimum atomic E-state index is -0.955. The number of phenols is 5. The summed E-state index contributed by atoms with van der Waals surface area (Å²) in [5, 5.41) is 51.9. The molecule has 3 aliphatic rings. The number of fused-ring (bicyclic) bond motifs is 4. The van der Waals surface area contributed by atoms with Gasteiger partial charge in [-0.1, -0.05) is 31.7 Å². The number of phenolic OH excluding ortho intramolecular Hbond substituents is 5. The molecule has 0 amide bonds. The summed E-state index contributed by atoms with van der Waals surface area (Å²) in [6.45, 7) is 0. The van der Waals surface area contributed by atoms with Crippen molar-refractivity contribution in [2.24, 2.45) is 5.92 Å².